The summed E-state index contributed by atoms with van der Waals surface area (Å²) in [5.74, 6) is 1.66. The van der Waals surface area contributed by atoms with Crippen LogP contribution in [0, 0.1) is 0 Å². The van der Waals surface area contributed by atoms with Gasteiger partial charge >= 0.3 is 0 Å². The van der Waals surface area contributed by atoms with Crippen molar-refractivity contribution in [3.05, 3.63) is 66.7 Å². The lowest BCUT2D eigenvalue weighted by molar-refractivity contribution is 0.414. The van der Waals surface area contributed by atoms with Crippen molar-refractivity contribution in [3.63, 3.8) is 0 Å². The normalized spacial score (nSPS) is 10.3. The van der Waals surface area contributed by atoms with E-state index in [2.05, 4.69) is 6.07 Å². The van der Waals surface area contributed by atoms with Gasteiger partial charge in [-0.1, -0.05) is 36.4 Å². The quantitative estimate of drug-likeness (QED) is 0.715. The van der Waals surface area contributed by atoms with Gasteiger partial charge in [0.05, 0.1) is 14.2 Å². The molecule has 0 heterocycles. The molecule has 3 heteroatoms. The van der Waals surface area contributed by atoms with Gasteiger partial charge in [0.1, 0.15) is 11.5 Å². The van der Waals surface area contributed by atoms with E-state index >= 15 is 0 Å². The first-order valence-electron chi connectivity index (χ1n) is 7.40. The zero-order chi connectivity index (χ0) is 16.2. The summed E-state index contributed by atoms with van der Waals surface area (Å²) in [6, 6.07) is 21.9. The molecule has 0 saturated carbocycles. The van der Waals surface area contributed by atoms with Crippen LogP contribution in [0.25, 0.3) is 22.3 Å². The van der Waals surface area contributed by atoms with Crippen LogP contribution in [-0.2, 0) is 0 Å². The highest BCUT2D eigenvalue weighted by molar-refractivity contribution is 5.91. The van der Waals surface area contributed by atoms with Gasteiger partial charge in [-0.25, -0.2) is 0 Å². The summed E-state index contributed by atoms with van der Waals surface area (Å²) < 4.78 is 10.5. The van der Waals surface area contributed by atoms with Crippen molar-refractivity contribution in [1.82, 2.24) is 0 Å². The Balaban J connectivity index is 2.11. The molecule has 0 bridgehead atoms. The van der Waals surface area contributed by atoms with Crippen LogP contribution in [-0.4, -0.2) is 14.2 Å². The molecular weight excluding hydrogens is 286 g/mol. The van der Waals surface area contributed by atoms with Gasteiger partial charge in [-0.2, -0.15) is 0 Å². The number of nitrogens with two attached hydrogens (primary N) is 1. The highest BCUT2D eigenvalue weighted by Gasteiger charge is 2.11. The number of nitrogen functional groups attached to an aromatic ring is 1. The Labute approximate surface area is 136 Å². The smallest absolute Gasteiger partial charge is 0.118 e. The molecule has 0 amide bonds. The topological polar surface area (TPSA) is 44.5 Å². The van der Waals surface area contributed by atoms with Crippen molar-refractivity contribution in [2.24, 2.45) is 0 Å². The minimum atomic E-state index is 0.753. The number of hydrogen-bond acceptors (Lipinski definition) is 3. The summed E-state index contributed by atoms with van der Waals surface area (Å²) in [7, 11) is 3.33. The van der Waals surface area contributed by atoms with Crippen LogP contribution in [0.1, 0.15) is 0 Å². The van der Waals surface area contributed by atoms with Crippen LogP contribution in [0.5, 0.6) is 11.5 Å². The fourth-order valence-electron chi connectivity index (χ4n) is 2.66. The van der Waals surface area contributed by atoms with Crippen LogP contribution in [0.15, 0.2) is 66.7 Å². The summed E-state index contributed by atoms with van der Waals surface area (Å²) in [6.07, 6.45) is 0. The molecule has 0 saturated heterocycles. The van der Waals surface area contributed by atoms with Crippen molar-refractivity contribution in [2.75, 3.05) is 20.0 Å². The maximum absolute atomic E-state index is 6.26. The number of hydrogen-bond donors (Lipinski definition) is 1. The second kappa shape index (κ2) is 6.44. The van der Waals surface area contributed by atoms with Gasteiger partial charge in [0.2, 0.25) is 0 Å². The summed E-state index contributed by atoms with van der Waals surface area (Å²) in [5.41, 5.74) is 11.3. The van der Waals surface area contributed by atoms with Gasteiger partial charge in [0, 0.05) is 11.3 Å². The van der Waals surface area contributed by atoms with Gasteiger partial charge < -0.3 is 15.2 Å². The molecule has 0 fully saturated rings. The number of rotatable bonds is 4. The summed E-state index contributed by atoms with van der Waals surface area (Å²) in [4.78, 5) is 0. The van der Waals surface area contributed by atoms with Crippen LogP contribution < -0.4 is 15.2 Å². The summed E-state index contributed by atoms with van der Waals surface area (Å²) in [5, 5.41) is 0. The van der Waals surface area contributed by atoms with Crippen molar-refractivity contribution >= 4 is 5.69 Å². The molecule has 0 aliphatic carbocycles. The predicted molar refractivity (Wildman–Crippen MR) is 94.8 cm³/mol. The molecule has 3 aromatic rings. The Morgan fingerprint density at radius 3 is 1.70 bits per heavy atom. The van der Waals surface area contributed by atoms with E-state index in [1.807, 2.05) is 60.7 Å². The fourth-order valence-corrected chi connectivity index (χ4v) is 2.66. The predicted octanol–water partition coefficient (Wildman–Crippen LogP) is 4.62. The zero-order valence-electron chi connectivity index (χ0n) is 13.2. The third kappa shape index (κ3) is 2.99. The first-order valence-corrected chi connectivity index (χ1v) is 7.40. The lowest BCUT2D eigenvalue weighted by atomic mass is 9.93. The summed E-state index contributed by atoms with van der Waals surface area (Å²) >= 11 is 0. The molecule has 0 radical (unpaired) electrons. The number of methoxy groups -OCH3 is 2. The lowest BCUT2D eigenvalue weighted by Gasteiger charge is -2.14. The van der Waals surface area contributed by atoms with E-state index in [-0.39, 0.29) is 0 Å². The first-order chi connectivity index (χ1) is 11.2. The zero-order valence-corrected chi connectivity index (χ0v) is 13.2. The molecule has 116 valence electrons. The van der Waals surface area contributed by atoms with Gasteiger partial charge in [0.25, 0.3) is 0 Å². The van der Waals surface area contributed by atoms with E-state index in [9.17, 15) is 0 Å². The van der Waals surface area contributed by atoms with E-state index < -0.39 is 0 Å². The molecule has 3 rings (SSSR count). The largest absolute Gasteiger partial charge is 0.497 e. The third-order valence-electron chi connectivity index (χ3n) is 3.88. The molecule has 0 atom stereocenters. The maximum atomic E-state index is 6.26. The summed E-state index contributed by atoms with van der Waals surface area (Å²) in [6.45, 7) is 0. The van der Waals surface area contributed by atoms with Crippen molar-refractivity contribution in [1.29, 1.82) is 0 Å². The Morgan fingerprint density at radius 2 is 1.17 bits per heavy atom. The molecule has 2 N–H and O–H groups in total. The highest BCUT2D eigenvalue weighted by atomic mass is 16.5. The monoisotopic (exact) mass is 305 g/mol. The Bertz CT molecular complexity index is 793. The SMILES string of the molecule is COc1ccc(-c2cccc(N)c2-c2ccc(OC)cc2)cc1. The van der Waals surface area contributed by atoms with Crippen LogP contribution >= 0.6 is 0 Å². The number of benzene rings is 3. The first kappa shape index (κ1) is 15.0. The average Bonchev–Trinajstić information content (AvgIpc) is 2.62. The van der Waals surface area contributed by atoms with E-state index in [1.54, 1.807) is 14.2 Å². The molecule has 0 unspecified atom stereocenters. The average molecular weight is 305 g/mol. The molecule has 0 aliphatic rings. The van der Waals surface area contributed by atoms with Crippen LogP contribution in [0.3, 0.4) is 0 Å². The van der Waals surface area contributed by atoms with Crippen molar-refractivity contribution < 1.29 is 9.47 Å². The van der Waals surface area contributed by atoms with E-state index in [4.69, 9.17) is 15.2 Å². The maximum Gasteiger partial charge on any atom is 0.118 e. The number of ether oxygens (including phenoxy) is 2. The Morgan fingerprint density at radius 1 is 0.652 bits per heavy atom. The van der Waals surface area contributed by atoms with Crippen molar-refractivity contribution in [3.8, 4) is 33.8 Å². The highest BCUT2D eigenvalue weighted by Crippen LogP contribution is 2.37. The second-order valence-corrected chi connectivity index (χ2v) is 5.23. The lowest BCUT2D eigenvalue weighted by Crippen LogP contribution is -1.94. The molecular formula is C20H19NO2. The fraction of sp³-hybridized carbons (Fsp3) is 0.100. The second-order valence-electron chi connectivity index (χ2n) is 5.23. The van der Waals surface area contributed by atoms with E-state index in [0.717, 1.165) is 39.4 Å². The van der Waals surface area contributed by atoms with Gasteiger partial charge in [-0.05, 0) is 47.0 Å². The van der Waals surface area contributed by atoms with Gasteiger partial charge in [-0.3, -0.25) is 0 Å². The number of anilines is 1. The van der Waals surface area contributed by atoms with Crippen molar-refractivity contribution in [2.45, 2.75) is 0 Å². The van der Waals surface area contributed by atoms with Crippen LogP contribution in [0.2, 0.25) is 0 Å². The van der Waals surface area contributed by atoms with Gasteiger partial charge in [-0.15, -0.1) is 0 Å². The molecule has 3 nitrogen and oxygen atoms in total. The Kier molecular flexibility index (Phi) is 4.20. The molecule has 23 heavy (non-hydrogen) atoms. The molecule has 3 aromatic carbocycles. The minimum absolute atomic E-state index is 0.753. The third-order valence-corrected chi connectivity index (χ3v) is 3.88. The molecule has 0 spiro atoms. The molecule has 0 aromatic heterocycles. The van der Waals surface area contributed by atoms with Crippen LogP contribution in [0.4, 0.5) is 5.69 Å². The van der Waals surface area contributed by atoms with Gasteiger partial charge in [0.15, 0.2) is 0 Å². The van der Waals surface area contributed by atoms with E-state index in [0.29, 0.717) is 0 Å². The molecule has 0 aliphatic heterocycles. The van der Waals surface area contributed by atoms with E-state index in [1.165, 1.54) is 0 Å². The standard InChI is InChI=1S/C20H19NO2/c1-22-16-10-6-14(7-11-16)18-4-3-5-19(21)20(18)15-8-12-17(23-2)13-9-15/h3-13H,21H2,1-2H3. The minimum Gasteiger partial charge on any atom is -0.497 e. The Hall–Kier alpha value is -2.94.